The van der Waals surface area contributed by atoms with Crippen molar-refractivity contribution in [3.8, 4) is 0 Å². The highest BCUT2D eigenvalue weighted by molar-refractivity contribution is 14.1. The van der Waals surface area contributed by atoms with Gasteiger partial charge < -0.3 is 9.88 Å². The third-order valence-corrected chi connectivity index (χ3v) is 4.76. The van der Waals surface area contributed by atoms with Crippen LogP contribution in [0.4, 0.5) is 5.69 Å². The Morgan fingerprint density at radius 1 is 1.25 bits per heavy atom. The highest BCUT2D eigenvalue weighted by Gasteiger charge is 2.19. The third-order valence-electron chi connectivity index (χ3n) is 3.10. The number of hydrogen-bond acceptors (Lipinski definition) is 3. The van der Waals surface area contributed by atoms with E-state index in [0.29, 0.717) is 0 Å². The van der Waals surface area contributed by atoms with Crippen LogP contribution in [-0.4, -0.2) is 9.55 Å². The quantitative estimate of drug-likeness (QED) is 0.668. The van der Waals surface area contributed by atoms with Crippen LogP contribution in [0.3, 0.4) is 0 Å². The molecule has 0 bridgehead atoms. The van der Waals surface area contributed by atoms with Crippen molar-refractivity contribution in [3.63, 3.8) is 0 Å². The van der Waals surface area contributed by atoms with Gasteiger partial charge in [0.05, 0.1) is 0 Å². The molecule has 1 aromatic carbocycles. The lowest BCUT2D eigenvalue weighted by molar-refractivity contribution is 0.756. The summed E-state index contributed by atoms with van der Waals surface area (Å²) in [5.41, 5.74) is 1.10. The summed E-state index contributed by atoms with van der Waals surface area (Å²) in [5.74, 6) is 1.02. The van der Waals surface area contributed by atoms with Crippen molar-refractivity contribution in [2.24, 2.45) is 7.05 Å². The number of hydrogen-bond donors (Lipinski definition) is 1. The monoisotopic (exact) mass is 395 g/mol. The van der Waals surface area contributed by atoms with E-state index < -0.39 is 0 Å². The summed E-state index contributed by atoms with van der Waals surface area (Å²) in [6.45, 7) is 0. The van der Waals surface area contributed by atoms with Crippen molar-refractivity contribution in [2.45, 2.75) is 6.04 Å². The van der Waals surface area contributed by atoms with E-state index in [1.165, 1.54) is 8.45 Å². The van der Waals surface area contributed by atoms with Crippen LogP contribution in [0.25, 0.3) is 0 Å². The van der Waals surface area contributed by atoms with E-state index in [9.17, 15) is 0 Å². The van der Waals surface area contributed by atoms with Gasteiger partial charge in [-0.25, -0.2) is 4.98 Å². The van der Waals surface area contributed by atoms with E-state index in [4.69, 9.17) is 0 Å². The van der Waals surface area contributed by atoms with Crippen LogP contribution in [0.5, 0.6) is 0 Å². The molecule has 1 atom stereocenters. The molecule has 5 heteroatoms. The van der Waals surface area contributed by atoms with Gasteiger partial charge in [-0.1, -0.05) is 6.07 Å². The van der Waals surface area contributed by atoms with Crippen LogP contribution >= 0.6 is 33.9 Å². The highest BCUT2D eigenvalue weighted by atomic mass is 127. The Hall–Kier alpha value is -1.34. The number of aromatic nitrogens is 2. The van der Waals surface area contributed by atoms with Crippen LogP contribution < -0.4 is 5.32 Å². The number of benzene rings is 1. The Bertz CT molecular complexity index is 673. The van der Waals surface area contributed by atoms with Crippen molar-refractivity contribution in [2.75, 3.05) is 5.32 Å². The SMILES string of the molecule is Cn1ccnc1C(Nc1ccc(I)cc1)c1cccs1. The molecule has 1 N–H and O–H groups in total. The molecular formula is C15H14IN3S. The van der Waals surface area contributed by atoms with Gasteiger partial charge in [-0.2, -0.15) is 0 Å². The number of thiophene rings is 1. The van der Waals surface area contributed by atoms with E-state index in [1.807, 2.05) is 19.4 Å². The molecule has 0 amide bonds. The Morgan fingerprint density at radius 2 is 2.05 bits per heavy atom. The standard InChI is InChI=1S/C15H14IN3S/c1-19-9-8-17-15(19)14(13-3-2-10-20-13)18-12-6-4-11(16)5-7-12/h2-10,14,18H,1H3. The fourth-order valence-electron chi connectivity index (χ4n) is 2.09. The van der Waals surface area contributed by atoms with E-state index in [0.717, 1.165) is 11.5 Å². The van der Waals surface area contributed by atoms with Gasteiger partial charge in [0.15, 0.2) is 0 Å². The van der Waals surface area contributed by atoms with Crippen LogP contribution in [0, 0.1) is 3.57 Å². The van der Waals surface area contributed by atoms with Crippen LogP contribution in [0.15, 0.2) is 54.2 Å². The molecule has 1 unspecified atom stereocenters. The zero-order chi connectivity index (χ0) is 13.9. The predicted octanol–water partition coefficient (Wildman–Crippen LogP) is 4.29. The van der Waals surface area contributed by atoms with Gasteiger partial charge in [-0.05, 0) is 58.3 Å². The normalized spacial score (nSPS) is 12.3. The van der Waals surface area contributed by atoms with Crippen molar-refractivity contribution in [1.82, 2.24) is 9.55 Å². The van der Waals surface area contributed by atoms with Gasteiger partial charge in [-0.15, -0.1) is 11.3 Å². The van der Waals surface area contributed by atoms with Gasteiger partial charge in [0.1, 0.15) is 11.9 Å². The second-order valence-electron chi connectivity index (χ2n) is 4.50. The van der Waals surface area contributed by atoms with Crippen molar-refractivity contribution in [3.05, 3.63) is 68.4 Å². The summed E-state index contributed by atoms with van der Waals surface area (Å²) in [7, 11) is 2.03. The molecule has 0 fully saturated rings. The van der Waals surface area contributed by atoms with E-state index in [1.54, 1.807) is 11.3 Å². The first-order chi connectivity index (χ1) is 9.74. The topological polar surface area (TPSA) is 29.9 Å². The minimum Gasteiger partial charge on any atom is -0.371 e. The van der Waals surface area contributed by atoms with Crippen molar-refractivity contribution < 1.29 is 0 Å². The average molecular weight is 395 g/mol. The van der Waals surface area contributed by atoms with Gasteiger partial charge in [0.25, 0.3) is 0 Å². The number of nitrogens with zero attached hydrogens (tertiary/aromatic N) is 2. The summed E-state index contributed by atoms with van der Waals surface area (Å²) < 4.78 is 3.29. The summed E-state index contributed by atoms with van der Waals surface area (Å²) in [5, 5.41) is 5.67. The number of aryl methyl sites for hydroxylation is 1. The van der Waals surface area contributed by atoms with Gasteiger partial charge in [-0.3, -0.25) is 0 Å². The highest BCUT2D eigenvalue weighted by Crippen LogP contribution is 2.28. The number of imidazole rings is 1. The van der Waals surface area contributed by atoms with Crippen LogP contribution in [-0.2, 0) is 7.05 Å². The Balaban J connectivity index is 1.94. The maximum atomic E-state index is 4.49. The first kappa shape index (κ1) is 13.6. The molecule has 0 saturated heterocycles. The number of nitrogens with one attached hydrogen (secondary N) is 1. The van der Waals surface area contributed by atoms with E-state index in [-0.39, 0.29) is 6.04 Å². The molecule has 0 aliphatic carbocycles. The van der Waals surface area contributed by atoms with Gasteiger partial charge in [0.2, 0.25) is 0 Å². The van der Waals surface area contributed by atoms with Crippen molar-refractivity contribution >= 4 is 39.6 Å². The minimum atomic E-state index is 0.0788. The molecule has 2 heterocycles. The molecule has 0 radical (unpaired) electrons. The molecule has 0 spiro atoms. The fraction of sp³-hybridized carbons (Fsp3) is 0.133. The smallest absolute Gasteiger partial charge is 0.136 e. The lowest BCUT2D eigenvalue weighted by Crippen LogP contribution is -2.15. The number of anilines is 1. The third kappa shape index (κ3) is 2.88. The zero-order valence-electron chi connectivity index (χ0n) is 11.0. The molecule has 0 aliphatic heterocycles. The van der Waals surface area contributed by atoms with Gasteiger partial charge in [0, 0.05) is 33.6 Å². The second-order valence-corrected chi connectivity index (χ2v) is 6.72. The molecule has 3 aromatic rings. The minimum absolute atomic E-state index is 0.0788. The molecule has 3 nitrogen and oxygen atoms in total. The molecule has 2 aromatic heterocycles. The average Bonchev–Trinajstić information content (AvgIpc) is 3.10. The molecule has 0 aliphatic rings. The van der Waals surface area contributed by atoms with Crippen molar-refractivity contribution in [1.29, 1.82) is 0 Å². The Kier molecular flexibility index (Phi) is 4.07. The maximum Gasteiger partial charge on any atom is 0.136 e. The summed E-state index contributed by atoms with van der Waals surface area (Å²) in [4.78, 5) is 5.75. The summed E-state index contributed by atoms with van der Waals surface area (Å²) >= 11 is 4.06. The van der Waals surface area contributed by atoms with Crippen LogP contribution in [0.1, 0.15) is 16.7 Å². The zero-order valence-corrected chi connectivity index (χ0v) is 13.9. The molecule has 102 valence electrons. The van der Waals surface area contributed by atoms with Gasteiger partial charge >= 0.3 is 0 Å². The van der Waals surface area contributed by atoms with Crippen LogP contribution in [0.2, 0.25) is 0 Å². The first-order valence-corrected chi connectivity index (χ1v) is 8.22. The molecular weight excluding hydrogens is 381 g/mol. The molecule has 3 rings (SSSR count). The fourth-order valence-corrected chi connectivity index (χ4v) is 3.22. The summed E-state index contributed by atoms with van der Waals surface area (Å²) in [6.07, 6.45) is 3.82. The predicted molar refractivity (Wildman–Crippen MR) is 92.2 cm³/mol. The molecule has 0 saturated carbocycles. The lowest BCUT2D eigenvalue weighted by Gasteiger charge is -2.18. The summed E-state index contributed by atoms with van der Waals surface area (Å²) in [6, 6.07) is 12.7. The maximum absolute atomic E-state index is 4.49. The molecule has 20 heavy (non-hydrogen) atoms. The number of rotatable bonds is 4. The lowest BCUT2D eigenvalue weighted by atomic mass is 10.2. The Labute approximate surface area is 135 Å². The first-order valence-electron chi connectivity index (χ1n) is 6.27. The Morgan fingerprint density at radius 3 is 2.65 bits per heavy atom. The largest absolute Gasteiger partial charge is 0.371 e. The number of halogens is 1. The van der Waals surface area contributed by atoms with E-state index >= 15 is 0 Å². The van der Waals surface area contributed by atoms with E-state index in [2.05, 4.69) is 79.2 Å². The second kappa shape index (κ2) is 5.97.